The molecule has 136 valence electrons. The van der Waals surface area contributed by atoms with E-state index < -0.39 is 0 Å². The van der Waals surface area contributed by atoms with Crippen LogP contribution in [0.2, 0.25) is 0 Å². The van der Waals surface area contributed by atoms with Crippen molar-refractivity contribution < 1.29 is 0 Å². The molecule has 2 aromatic rings. The molecule has 0 atom stereocenters. The molecular weight excluding hydrogens is 316 g/mol. The predicted octanol–water partition coefficient (Wildman–Crippen LogP) is 1.31. The number of aliphatic imine (C=N–C) groups is 1. The van der Waals surface area contributed by atoms with E-state index in [0.717, 1.165) is 42.8 Å². The Morgan fingerprint density at radius 3 is 2.52 bits per heavy atom. The molecule has 0 fully saturated rings. The summed E-state index contributed by atoms with van der Waals surface area (Å²) in [6, 6.07) is 4.13. The van der Waals surface area contributed by atoms with Crippen LogP contribution in [0.1, 0.15) is 32.2 Å². The normalized spacial score (nSPS) is 11.4. The van der Waals surface area contributed by atoms with Gasteiger partial charge in [0.05, 0.1) is 13.1 Å². The van der Waals surface area contributed by atoms with Crippen molar-refractivity contribution in [3.8, 4) is 0 Å². The summed E-state index contributed by atoms with van der Waals surface area (Å²) in [6.45, 7) is 10.2. The second kappa shape index (κ2) is 9.61. The molecule has 0 unspecified atom stereocenters. The lowest BCUT2D eigenvalue weighted by atomic mass is 10.3. The van der Waals surface area contributed by atoms with E-state index in [0.29, 0.717) is 13.1 Å². The van der Waals surface area contributed by atoms with Gasteiger partial charge in [0.1, 0.15) is 18.0 Å². The van der Waals surface area contributed by atoms with Gasteiger partial charge in [-0.25, -0.2) is 15.0 Å². The number of nitrogens with zero attached hydrogens (tertiary/aromatic N) is 6. The summed E-state index contributed by atoms with van der Waals surface area (Å²) in [5, 5.41) is 10.6. The highest BCUT2D eigenvalue weighted by Gasteiger charge is 2.04. The molecule has 0 saturated carbocycles. The summed E-state index contributed by atoms with van der Waals surface area (Å²) in [7, 11) is 1.87. The largest absolute Gasteiger partial charge is 0.357 e. The highest BCUT2D eigenvalue weighted by atomic mass is 15.3. The van der Waals surface area contributed by atoms with Crippen molar-refractivity contribution in [3.05, 3.63) is 36.0 Å². The van der Waals surface area contributed by atoms with Gasteiger partial charge in [0.25, 0.3) is 0 Å². The third-order valence-corrected chi connectivity index (χ3v) is 3.88. The molecule has 8 heteroatoms. The minimum atomic E-state index is 0.569. The van der Waals surface area contributed by atoms with Gasteiger partial charge in [0, 0.05) is 32.9 Å². The quantitative estimate of drug-likeness (QED) is 0.555. The number of anilines is 1. The summed E-state index contributed by atoms with van der Waals surface area (Å²) in [6.07, 6.45) is 3.44. The zero-order chi connectivity index (χ0) is 18.1. The molecule has 0 amide bonds. The van der Waals surface area contributed by atoms with E-state index in [4.69, 9.17) is 0 Å². The van der Waals surface area contributed by atoms with Crippen LogP contribution in [0.3, 0.4) is 0 Å². The lowest BCUT2D eigenvalue weighted by Crippen LogP contribution is -2.37. The van der Waals surface area contributed by atoms with Gasteiger partial charge in [-0.3, -0.25) is 4.68 Å². The van der Waals surface area contributed by atoms with Gasteiger partial charge in [-0.05, 0) is 32.4 Å². The predicted molar refractivity (Wildman–Crippen MR) is 100 cm³/mol. The minimum Gasteiger partial charge on any atom is -0.357 e. The van der Waals surface area contributed by atoms with Crippen molar-refractivity contribution in [2.24, 2.45) is 12.0 Å². The highest BCUT2D eigenvalue weighted by Crippen LogP contribution is 2.11. The van der Waals surface area contributed by atoms with Crippen molar-refractivity contribution in [1.82, 2.24) is 30.4 Å². The Kier molecular flexibility index (Phi) is 7.18. The van der Waals surface area contributed by atoms with Crippen LogP contribution in [0.15, 0.2) is 29.6 Å². The molecule has 2 aromatic heterocycles. The van der Waals surface area contributed by atoms with Gasteiger partial charge < -0.3 is 15.5 Å². The maximum absolute atomic E-state index is 4.61. The van der Waals surface area contributed by atoms with E-state index in [9.17, 15) is 0 Å². The van der Waals surface area contributed by atoms with E-state index in [-0.39, 0.29) is 0 Å². The molecule has 0 spiro atoms. The second-order valence-electron chi connectivity index (χ2n) is 5.55. The molecule has 0 bridgehead atoms. The Morgan fingerprint density at radius 1 is 1.16 bits per heavy atom. The van der Waals surface area contributed by atoms with Crippen LogP contribution in [-0.4, -0.2) is 45.3 Å². The number of rotatable bonds is 8. The monoisotopic (exact) mass is 344 g/mol. The van der Waals surface area contributed by atoms with Gasteiger partial charge in [-0.1, -0.05) is 6.07 Å². The molecule has 0 aliphatic carbocycles. The smallest absolute Gasteiger partial charge is 0.191 e. The number of hydrogen-bond donors (Lipinski definition) is 2. The fourth-order valence-electron chi connectivity index (χ4n) is 2.40. The van der Waals surface area contributed by atoms with Gasteiger partial charge in [-0.15, -0.1) is 0 Å². The molecule has 25 heavy (non-hydrogen) atoms. The number of aromatic nitrogens is 4. The van der Waals surface area contributed by atoms with E-state index in [2.05, 4.69) is 61.6 Å². The summed E-state index contributed by atoms with van der Waals surface area (Å²) in [4.78, 5) is 15.6. The lowest BCUT2D eigenvalue weighted by Gasteiger charge is -2.19. The average molecular weight is 344 g/mol. The maximum Gasteiger partial charge on any atom is 0.191 e. The molecule has 0 radical (unpaired) electrons. The van der Waals surface area contributed by atoms with Gasteiger partial charge >= 0.3 is 0 Å². The fraction of sp³-hybridized carbons (Fsp3) is 0.529. The molecule has 0 aromatic carbocycles. The lowest BCUT2D eigenvalue weighted by molar-refractivity contribution is 0.673. The van der Waals surface area contributed by atoms with Gasteiger partial charge in [0.15, 0.2) is 5.96 Å². The first-order valence-corrected chi connectivity index (χ1v) is 8.72. The minimum absolute atomic E-state index is 0.569. The number of aryl methyl sites for hydroxylation is 1. The van der Waals surface area contributed by atoms with Crippen LogP contribution < -0.4 is 15.5 Å². The van der Waals surface area contributed by atoms with Crippen LogP contribution in [0.4, 0.5) is 5.82 Å². The summed E-state index contributed by atoms with van der Waals surface area (Å²) in [5.74, 6) is 2.61. The molecule has 8 nitrogen and oxygen atoms in total. The van der Waals surface area contributed by atoms with Crippen LogP contribution in [0.5, 0.6) is 0 Å². The topological polar surface area (TPSA) is 83.3 Å². The zero-order valence-electron chi connectivity index (χ0n) is 15.5. The molecule has 0 saturated heterocycles. The molecule has 0 aliphatic heterocycles. The Labute approximate surface area is 149 Å². The van der Waals surface area contributed by atoms with Crippen LogP contribution >= 0.6 is 0 Å². The Balaban J connectivity index is 1.96. The SMILES string of the molecule is CCNC(=NCc1ccc(N(CC)CC)nc1)NCc1ncnn1C. The van der Waals surface area contributed by atoms with Crippen molar-refractivity contribution >= 4 is 11.8 Å². The van der Waals surface area contributed by atoms with E-state index in [1.807, 2.05) is 20.2 Å². The first-order chi connectivity index (χ1) is 12.2. The number of guanidine groups is 1. The third kappa shape index (κ3) is 5.44. The summed E-state index contributed by atoms with van der Waals surface area (Å²) < 4.78 is 1.74. The Hall–Kier alpha value is -2.64. The maximum atomic E-state index is 4.61. The van der Waals surface area contributed by atoms with Crippen LogP contribution in [-0.2, 0) is 20.1 Å². The van der Waals surface area contributed by atoms with Crippen molar-refractivity contribution in [2.75, 3.05) is 24.5 Å². The van der Waals surface area contributed by atoms with E-state index >= 15 is 0 Å². The van der Waals surface area contributed by atoms with Crippen molar-refractivity contribution in [2.45, 2.75) is 33.9 Å². The first-order valence-electron chi connectivity index (χ1n) is 8.72. The Morgan fingerprint density at radius 2 is 1.96 bits per heavy atom. The highest BCUT2D eigenvalue weighted by molar-refractivity contribution is 5.79. The zero-order valence-corrected chi connectivity index (χ0v) is 15.5. The summed E-state index contributed by atoms with van der Waals surface area (Å²) >= 11 is 0. The molecule has 2 rings (SSSR count). The van der Waals surface area contributed by atoms with E-state index in [1.54, 1.807) is 11.0 Å². The van der Waals surface area contributed by atoms with Crippen LogP contribution in [0.25, 0.3) is 0 Å². The molecular formula is C17H28N8. The van der Waals surface area contributed by atoms with Crippen LogP contribution in [0, 0.1) is 0 Å². The third-order valence-electron chi connectivity index (χ3n) is 3.88. The first kappa shape index (κ1) is 18.7. The standard InChI is InChI=1S/C17H28N8/c1-5-18-17(21-12-16-22-13-23-24(16)4)20-11-14-8-9-15(19-10-14)25(6-2)7-3/h8-10,13H,5-7,11-12H2,1-4H3,(H2,18,20,21). The van der Waals surface area contributed by atoms with Crippen molar-refractivity contribution in [3.63, 3.8) is 0 Å². The Bertz CT molecular complexity index is 658. The van der Waals surface area contributed by atoms with Gasteiger partial charge in [-0.2, -0.15) is 5.10 Å². The number of hydrogen-bond acceptors (Lipinski definition) is 5. The fourth-order valence-corrected chi connectivity index (χ4v) is 2.40. The molecule has 2 heterocycles. The van der Waals surface area contributed by atoms with Gasteiger partial charge in [0.2, 0.25) is 0 Å². The van der Waals surface area contributed by atoms with Crippen molar-refractivity contribution in [1.29, 1.82) is 0 Å². The number of nitrogens with one attached hydrogen (secondary N) is 2. The summed E-state index contributed by atoms with van der Waals surface area (Å²) in [5.41, 5.74) is 1.08. The average Bonchev–Trinajstić information content (AvgIpc) is 3.04. The second-order valence-corrected chi connectivity index (χ2v) is 5.55. The number of pyridine rings is 1. The molecule has 0 aliphatic rings. The molecule has 2 N–H and O–H groups in total. The van der Waals surface area contributed by atoms with E-state index in [1.165, 1.54) is 0 Å².